The van der Waals surface area contributed by atoms with Gasteiger partial charge in [-0.15, -0.1) is 0 Å². The van der Waals surface area contributed by atoms with E-state index < -0.39 is 0 Å². The monoisotopic (exact) mass is 290 g/mol. The van der Waals surface area contributed by atoms with E-state index in [1.165, 1.54) is 0 Å². The molecule has 0 saturated carbocycles. The first-order valence-corrected chi connectivity index (χ1v) is 6.10. The smallest absolute Gasteiger partial charge is 0.266 e. The Morgan fingerprint density at radius 3 is 2.05 bits per heavy atom. The molecule has 3 rings (SSSR count). The summed E-state index contributed by atoms with van der Waals surface area (Å²) in [5.74, 6) is -0.0301. The number of aromatic nitrogens is 1. The first kappa shape index (κ1) is 13.8. The van der Waals surface area contributed by atoms with Gasteiger partial charge in [-0.25, -0.2) is 0 Å². The van der Waals surface area contributed by atoms with Crippen LogP contribution in [-0.4, -0.2) is 10.1 Å². The summed E-state index contributed by atoms with van der Waals surface area (Å²) < 4.78 is 5.13. The summed E-state index contributed by atoms with van der Waals surface area (Å²) in [6, 6.07) is 10.3. The van der Waals surface area contributed by atoms with Crippen molar-refractivity contribution in [3.8, 4) is 5.75 Å². The van der Waals surface area contributed by atoms with E-state index in [0.29, 0.717) is 27.5 Å². The molecule has 7 heteroatoms. The van der Waals surface area contributed by atoms with Crippen molar-refractivity contribution in [2.45, 2.75) is 0 Å². The summed E-state index contributed by atoms with van der Waals surface area (Å²) in [6.45, 7) is 0. The van der Waals surface area contributed by atoms with Crippen LogP contribution >= 0.6 is 12.2 Å². The zero-order valence-corrected chi connectivity index (χ0v) is 11.3. The molecule has 0 fully saturated rings. The Hall–Kier alpha value is -2.67. The van der Waals surface area contributed by atoms with Gasteiger partial charge >= 0.3 is 0 Å². The van der Waals surface area contributed by atoms with Crippen LogP contribution in [0.2, 0.25) is 0 Å². The molecule has 20 heavy (non-hydrogen) atoms. The molecule has 0 aliphatic heterocycles. The Bertz CT molecular complexity index is 774. The molecule has 0 saturated heterocycles. The van der Waals surface area contributed by atoms with Gasteiger partial charge < -0.3 is 31.7 Å². The van der Waals surface area contributed by atoms with E-state index in [0.717, 1.165) is 5.52 Å². The molecule has 0 unspecified atom stereocenters. The highest BCUT2D eigenvalue weighted by atomic mass is 32.1. The van der Waals surface area contributed by atoms with E-state index >= 15 is 0 Å². The number of oxazole rings is 1. The molecular formula is C13H14N4O2S. The molecule has 1 heterocycles. The number of nitrogens with two attached hydrogens (primary N) is 3. The largest absolute Gasteiger partial charge is 0.504 e. The number of para-hydroxylation sites is 2. The van der Waals surface area contributed by atoms with Crippen LogP contribution in [0.15, 0.2) is 40.8 Å². The van der Waals surface area contributed by atoms with E-state index in [1.807, 2.05) is 12.1 Å². The number of aromatic amines is 1. The molecule has 0 atom stereocenters. The quantitative estimate of drug-likeness (QED) is 0.246. The lowest BCUT2D eigenvalue weighted by Gasteiger charge is -1.99. The van der Waals surface area contributed by atoms with E-state index in [9.17, 15) is 0 Å². The van der Waals surface area contributed by atoms with Crippen LogP contribution in [0.1, 0.15) is 0 Å². The number of benzene rings is 2. The van der Waals surface area contributed by atoms with Gasteiger partial charge in [-0.2, -0.15) is 0 Å². The van der Waals surface area contributed by atoms with Gasteiger partial charge in [0.2, 0.25) is 0 Å². The van der Waals surface area contributed by atoms with Gasteiger partial charge in [-0.05, 0) is 36.5 Å². The summed E-state index contributed by atoms with van der Waals surface area (Å²) in [7, 11) is 0. The minimum Gasteiger partial charge on any atom is -0.504 e. The van der Waals surface area contributed by atoms with Crippen molar-refractivity contribution < 1.29 is 9.52 Å². The maximum Gasteiger partial charge on any atom is 0.266 e. The molecule has 2 aromatic carbocycles. The predicted molar refractivity (Wildman–Crippen MR) is 82.7 cm³/mol. The highest BCUT2D eigenvalue weighted by Crippen LogP contribution is 2.25. The van der Waals surface area contributed by atoms with E-state index in [-0.39, 0.29) is 5.75 Å². The standard InChI is InChI=1S/C7H6N2OS.C6H8N2O/c8-4-2-1-3-5-6(4)10-7(11)9-5;7-4-2-1-3-5(8)6(4)9/h1-3H,8H2,(H,9,11);1-3,9H,7-8H2. The van der Waals surface area contributed by atoms with Gasteiger partial charge in [0.1, 0.15) is 0 Å². The second kappa shape index (κ2) is 5.54. The van der Waals surface area contributed by atoms with Crippen LogP contribution in [0.3, 0.4) is 0 Å². The summed E-state index contributed by atoms with van der Waals surface area (Å²) >= 11 is 4.79. The zero-order valence-electron chi connectivity index (χ0n) is 10.5. The van der Waals surface area contributed by atoms with Crippen LogP contribution in [0.4, 0.5) is 17.1 Å². The summed E-state index contributed by atoms with van der Waals surface area (Å²) in [5, 5.41) is 8.96. The number of fused-ring (bicyclic) bond motifs is 1. The van der Waals surface area contributed by atoms with Crippen LogP contribution in [-0.2, 0) is 0 Å². The number of nitrogens with one attached hydrogen (secondary N) is 1. The van der Waals surface area contributed by atoms with Crippen molar-refractivity contribution in [2.24, 2.45) is 0 Å². The highest BCUT2D eigenvalue weighted by molar-refractivity contribution is 7.71. The molecule has 0 amide bonds. The third-order valence-corrected chi connectivity index (χ3v) is 2.76. The Kier molecular flexibility index (Phi) is 3.81. The number of phenols is 1. The number of nitrogen functional groups attached to an aromatic ring is 3. The normalized spacial score (nSPS) is 10.0. The van der Waals surface area contributed by atoms with Crippen LogP contribution in [0.25, 0.3) is 11.1 Å². The number of hydrogen-bond acceptors (Lipinski definition) is 6. The fraction of sp³-hybridized carbons (Fsp3) is 0. The highest BCUT2D eigenvalue weighted by Gasteiger charge is 2.00. The summed E-state index contributed by atoms with van der Waals surface area (Å²) in [4.78, 5) is 3.23. The molecular weight excluding hydrogens is 276 g/mol. The molecule has 0 aliphatic rings. The molecule has 0 bridgehead atoms. The van der Waals surface area contributed by atoms with Gasteiger partial charge in [0, 0.05) is 0 Å². The van der Waals surface area contributed by atoms with Crippen LogP contribution < -0.4 is 17.2 Å². The number of aromatic hydroxyl groups is 1. The fourth-order valence-corrected chi connectivity index (χ4v) is 1.77. The van der Waals surface area contributed by atoms with Crippen molar-refractivity contribution in [3.05, 3.63) is 41.2 Å². The molecule has 0 aliphatic carbocycles. The third kappa shape index (κ3) is 2.83. The molecule has 0 spiro atoms. The Morgan fingerprint density at radius 1 is 0.950 bits per heavy atom. The maximum absolute atomic E-state index is 8.96. The lowest BCUT2D eigenvalue weighted by Crippen LogP contribution is -1.90. The first-order valence-electron chi connectivity index (χ1n) is 5.69. The number of rotatable bonds is 0. The molecule has 8 N–H and O–H groups in total. The number of phenolic OH excluding ortho intramolecular Hbond substituents is 1. The van der Waals surface area contributed by atoms with Crippen molar-refractivity contribution in [3.63, 3.8) is 0 Å². The predicted octanol–water partition coefficient (Wildman–Crippen LogP) is 2.63. The van der Waals surface area contributed by atoms with Crippen LogP contribution in [0.5, 0.6) is 5.75 Å². The lowest BCUT2D eigenvalue weighted by atomic mass is 10.2. The SMILES string of the molecule is Nc1cccc(N)c1O.Nc1cccc2[nH]c(=S)oc12. The topological polar surface area (TPSA) is 127 Å². The minimum absolute atomic E-state index is 0.0301. The number of hydrogen-bond donors (Lipinski definition) is 5. The number of anilines is 3. The second-order valence-corrected chi connectivity index (χ2v) is 4.39. The van der Waals surface area contributed by atoms with Gasteiger partial charge in [0.15, 0.2) is 11.3 Å². The van der Waals surface area contributed by atoms with Gasteiger partial charge in [-0.1, -0.05) is 12.1 Å². The molecule has 1 aromatic heterocycles. The minimum atomic E-state index is -0.0301. The average Bonchev–Trinajstić information content (AvgIpc) is 2.79. The summed E-state index contributed by atoms with van der Waals surface area (Å²) in [5.41, 5.74) is 18.9. The Balaban J connectivity index is 0.000000151. The van der Waals surface area contributed by atoms with E-state index in [2.05, 4.69) is 4.98 Å². The third-order valence-electron chi connectivity index (χ3n) is 2.58. The lowest BCUT2D eigenvalue weighted by molar-refractivity contribution is 0.480. The van der Waals surface area contributed by atoms with Crippen molar-refractivity contribution in [1.29, 1.82) is 0 Å². The summed E-state index contributed by atoms with van der Waals surface area (Å²) in [6.07, 6.45) is 0. The molecule has 0 radical (unpaired) electrons. The molecule has 6 nitrogen and oxygen atoms in total. The van der Waals surface area contributed by atoms with Crippen molar-refractivity contribution >= 4 is 40.4 Å². The van der Waals surface area contributed by atoms with E-state index in [1.54, 1.807) is 24.3 Å². The Morgan fingerprint density at radius 2 is 1.50 bits per heavy atom. The van der Waals surface area contributed by atoms with Crippen molar-refractivity contribution in [1.82, 2.24) is 4.98 Å². The second-order valence-electron chi connectivity index (χ2n) is 4.02. The average molecular weight is 290 g/mol. The van der Waals surface area contributed by atoms with Gasteiger partial charge in [0.25, 0.3) is 4.84 Å². The zero-order chi connectivity index (χ0) is 14.7. The van der Waals surface area contributed by atoms with Crippen molar-refractivity contribution in [2.75, 3.05) is 17.2 Å². The van der Waals surface area contributed by atoms with E-state index in [4.69, 9.17) is 38.9 Å². The molecule has 104 valence electrons. The fourth-order valence-electron chi connectivity index (χ4n) is 1.58. The van der Waals surface area contributed by atoms with Gasteiger partial charge in [-0.3, -0.25) is 0 Å². The van der Waals surface area contributed by atoms with Gasteiger partial charge in [0.05, 0.1) is 22.6 Å². The molecule has 3 aromatic rings. The number of H-pyrrole nitrogens is 1. The Labute approximate surface area is 119 Å². The first-order chi connectivity index (χ1) is 9.49. The maximum atomic E-state index is 8.96. The van der Waals surface area contributed by atoms with Crippen LogP contribution in [0, 0.1) is 4.84 Å².